The Bertz CT molecular complexity index is 1120. The van der Waals surface area contributed by atoms with E-state index in [-0.39, 0.29) is 0 Å². The number of halogens is 1. The molecule has 0 saturated heterocycles. The number of hydrogen-bond acceptors (Lipinski definition) is 6. The highest BCUT2D eigenvalue weighted by Crippen LogP contribution is 2.27. The van der Waals surface area contributed by atoms with Crippen molar-refractivity contribution in [2.24, 2.45) is 7.05 Å². The van der Waals surface area contributed by atoms with Gasteiger partial charge in [0.15, 0.2) is 5.65 Å². The standard InChI is InChI=1S/C18H18FN7O/c1-4-27-18-22-11(2)15-17(24-18)26(10-12-6-21-25(3)9-12)16(23-15)13-5-14(19)8-20-7-13/h5-9H,4,10H2,1-3H3. The number of fused-ring (bicyclic) bond motifs is 1. The Morgan fingerprint density at radius 3 is 2.70 bits per heavy atom. The number of aromatic nitrogens is 7. The van der Waals surface area contributed by atoms with Gasteiger partial charge in [-0.05, 0) is 19.9 Å². The minimum absolute atomic E-state index is 0.291. The van der Waals surface area contributed by atoms with Gasteiger partial charge in [0.2, 0.25) is 0 Å². The van der Waals surface area contributed by atoms with Gasteiger partial charge in [0.05, 0.1) is 31.2 Å². The molecule has 0 aliphatic rings. The predicted octanol–water partition coefficient (Wildman–Crippen LogP) is 2.52. The summed E-state index contributed by atoms with van der Waals surface area (Å²) in [5.74, 6) is 0.136. The van der Waals surface area contributed by atoms with Crippen molar-refractivity contribution in [1.29, 1.82) is 0 Å². The topological polar surface area (TPSA) is 83.5 Å². The molecule has 0 N–H and O–H groups in total. The average Bonchev–Trinajstić information content (AvgIpc) is 3.20. The number of rotatable bonds is 5. The Kier molecular flexibility index (Phi) is 4.27. The van der Waals surface area contributed by atoms with E-state index in [1.54, 1.807) is 17.1 Å². The molecule has 0 aliphatic carbocycles. The molecule has 0 bridgehead atoms. The SMILES string of the molecule is CCOc1nc(C)c2nc(-c3cncc(F)c3)n(Cc3cnn(C)c3)c2n1. The lowest BCUT2D eigenvalue weighted by atomic mass is 10.2. The van der Waals surface area contributed by atoms with E-state index in [0.717, 1.165) is 11.8 Å². The molecule has 0 aliphatic heterocycles. The van der Waals surface area contributed by atoms with Gasteiger partial charge in [0.25, 0.3) is 0 Å². The number of pyridine rings is 1. The highest BCUT2D eigenvalue weighted by Gasteiger charge is 2.19. The first-order chi connectivity index (χ1) is 13.0. The fourth-order valence-electron chi connectivity index (χ4n) is 2.95. The van der Waals surface area contributed by atoms with Gasteiger partial charge in [-0.15, -0.1) is 0 Å². The molecule has 0 amide bonds. The molecule has 4 rings (SSSR count). The van der Waals surface area contributed by atoms with E-state index in [9.17, 15) is 4.39 Å². The molecule has 4 aromatic heterocycles. The van der Waals surface area contributed by atoms with Gasteiger partial charge in [-0.2, -0.15) is 15.1 Å². The normalized spacial score (nSPS) is 11.3. The van der Waals surface area contributed by atoms with Crippen LogP contribution < -0.4 is 4.74 Å². The summed E-state index contributed by atoms with van der Waals surface area (Å²) in [5, 5.41) is 4.21. The van der Waals surface area contributed by atoms with E-state index in [1.165, 1.54) is 6.07 Å². The molecule has 27 heavy (non-hydrogen) atoms. The second-order valence-corrected chi connectivity index (χ2v) is 6.13. The second kappa shape index (κ2) is 6.75. The van der Waals surface area contributed by atoms with Crippen molar-refractivity contribution in [3.63, 3.8) is 0 Å². The van der Waals surface area contributed by atoms with Crippen molar-refractivity contribution in [2.75, 3.05) is 6.61 Å². The maximum atomic E-state index is 13.8. The van der Waals surface area contributed by atoms with Crippen molar-refractivity contribution in [1.82, 2.24) is 34.3 Å². The predicted molar refractivity (Wildman–Crippen MR) is 96.7 cm³/mol. The van der Waals surface area contributed by atoms with Crippen LogP contribution in [-0.4, -0.2) is 40.9 Å². The molecule has 138 valence electrons. The highest BCUT2D eigenvalue weighted by atomic mass is 19.1. The Morgan fingerprint density at radius 1 is 1.15 bits per heavy atom. The number of nitrogens with zero attached hydrogens (tertiary/aromatic N) is 7. The molecule has 0 aromatic carbocycles. The molecular weight excluding hydrogens is 349 g/mol. The van der Waals surface area contributed by atoms with Gasteiger partial charge >= 0.3 is 6.01 Å². The molecule has 0 radical (unpaired) electrons. The molecular formula is C18H18FN7O. The van der Waals surface area contributed by atoms with E-state index in [4.69, 9.17) is 4.74 Å². The van der Waals surface area contributed by atoms with Crippen molar-refractivity contribution in [3.8, 4) is 17.4 Å². The van der Waals surface area contributed by atoms with Crippen molar-refractivity contribution in [2.45, 2.75) is 20.4 Å². The fourth-order valence-corrected chi connectivity index (χ4v) is 2.95. The third kappa shape index (κ3) is 3.23. The van der Waals surface area contributed by atoms with Crippen LogP contribution >= 0.6 is 0 Å². The minimum Gasteiger partial charge on any atom is -0.464 e. The number of ether oxygens (including phenoxy) is 1. The molecule has 0 fully saturated rings. The first-order valence-electron chi connectivity index (χ1n) is 8.51. The molecule has 4 aromatic rings. The fraction of sp³-hybridized carbons (Fsp3) is 0.278. The summed E-state index contributed by atoms with van der Waals surface area (Å²) in [5.41, 5.74) is 3.49. The first-order valence-corrected chi connectivity index (χ1v) is 8.51. The summed E-state index contributed by atoms with van der Waals surface area (Å²) in [4.78, 5) is 17.5. The highest BCUT2D eigenvalue weighted by molar-refractivity contribution is 5.79. The molecule has 4 heterocycles. The van der Waals surface area contributed by atoms with Crippen molar-refractivity contribution < 1.29 is 9.13 Å². The monoisotopic (exact) mass is 367 g/mol. The van der Waals surface area contributed by atoms with Crippen LogP contribution in [0.15, 0.2) is 30.9 Å². The number of imidazole rings is 1. The van der Waals surface area contributed by atoms with Crippen LogP contribution in [-0.2, 0) is 13.6 Å². The molecule has 0 atom stereocenters. The van der Waals surface area contributed by atoms with Crippen molar-refractivity contribution >= 4 is 11.2 Å². The average molecular weight is 367 g/mol. The Morgan fingerprint density at radius 2 is 2.00 bits per heavy atom. The van der Waals surface area contributed by atoms with E-state index in [2.05, 4.69) is 25.0 Å². The summed E-state index contributed by atoms with van der Waals surface area (Å²) < 4.78 is 22.9. The zero-order chi connectivity index (χ0) is 19.0. The van der Waals surface area contributed by atoms with Crippen LogP contribution in [0.4, 0.5) is 4.39 Å². The number of hydrogen-bond donors (Lipinski definition) is 0. The maximum absolute atomic E-state index is 13.8. The molecule has 0 spiro atoms. The minimum atomic E-state index is -0.426. The molecule has 0 unspecified atom stereocenters. The summed E-state index contributed by atoms with van der Waals surface area (Å²) in [6.07, 6.45) is 6.43. The largest absolute Gasteiger partial charge is 0.464 e. The lowest BCUT2D eigenvalue weighted by Gasteiger charge is -2.08. The van der Waals surface area contributed by atoms with E-state index >= 15 is 0 Å². The van der Waals surface area contributed by atoms with Crippen LogP contribution in [0.3, 0.4) is 0 Å². The van der Waals surface area contributed by atoms with Gasteiger partial charge in [-0.3, -0.25) is 9.67 Å². The summed E-state index contributed by atoms with van der Waals surface area (Å²) >= 11 is 0. The third-order valence-corrected chi connectivity index (χ3v) is 4.08. The van der Waals surface area contributed by atoms with Crippen LogP contribution in [0.1, 0.15) is 18.2 Å². The summed E-state index contributed by atoms with van der Waals surface area (Å²) in [6, 6.07) is 1.69. The van der Waals surface area contributed by atoms with E-state index in [0.29, 0.717) is 47.4 Å². The van der Waals surface area contributed by atoms with E-state index in [1.807, 2.05) is 31.7 Å². The Balaban J connectivity index is 1.95. The Labute approximate surface area is 154 Å². The van der Waals surface area contributed by atoms with Crippen LogP contribution in [0, 0.1) is 12.7 Å². The zero-order valence-electron chi connectivity index (χ0n) is 15.2. The van der Waals surface area contributed by atoms with Crippen LogP contribution in [0.5, 0.6) is 6.01 Å². The van der Waals surface area contributed by atoms with Gasteiger partial charge in [-0.1, -0.05) is 0 Å². The van der Waals surface area contributed by atoms with Gasteiger partial charge in [0.1, 0.15) is 17.2 Å². The van der Waals surface area contributed by atoms with Crippen LogP contribution in [0.25, 0.3) is 22.6 Å². The van der Waals surface area contributed by atoms with E-state index < -0.39 is 5.82 Å². The lowest BCUT2D eigenvalue weighted by molar-refractivity contribution is 0.313. The number of aryl methyl sites for hydroxylation is 2. The summed E-state index contributed by atoms with van der Waals surface area (Å²) in [7, 11) is 1.85. The first kappa shape index (κ1) is 17.1. The molecule has 8 nitrogen and oxygen atoms in total. The zero-order valence-corrected chi connectivity index (χ0v) is 15.2. The Hall–Kier alpha value is -3.36. The van der Waals surface area contributed by atoms with Gasteiger partial charge in [0, 0.05) is 30.6 Å². The van der Waals surface area contributed by atoms with Crippen LogP contribution in [0.2, 0.25) is 0 Å². The smallest absolute Gasteiger partial charge is 0.318 e. The summed E-state index contributed by atoms with van der Waals surface area (Å²) in [6.45, 7) is 4.65. The van der Waals surface area contributed by atoms with Gasteiger partial charge in [-0.25, -0.2) is 9.37 Å². The quantitative estimate of drug-likeness (QED) is 0.539. The molecule has 9 heteroatoms. The third-order valence-electron chi connectivity index (χ3n) is 4.08. The lowest BCUT2D eigenvalue weighted by Crippen LogP contribution is -2.05. The van der Waals surface area contributed by atoms with Crippen molar-refractivity contribution in [3.05, 3.63) is 47.9 Å². The van der Waals surface area contributed by atoms with Gasteiger partial charge < -0.3 is 9.30 Å². The maximum Gasteiger partial charge on any atom is 0.318 e. The second-order valence-electron chi connectivity index (χ2n) is 6.13. The molecule has 0 saturated carbocycles.